The fourth-order valence-corrected chi connectivity index (χ4v) is 1.24. The molecule has 0 aromatic carbocycles. The van der Waals surface area contributed by atoms with E-state index in [2.05, 4.69) is 16.9 Å². The molecule has 0 unspecified atom stereocenters. The minimum Gasteiger partial charge on any atom is -0.310 e. The van der Waals surface area contributed by atoms with E-state index in [0.717, 1.165) is 24.4 Å². The van der Waals surface area contributed by atoms with E-state index in [-0.39, 0.29) is 5.56 Å². The van der Waals surface area contributed by atoms with Crippen LogP contribution < -0.4 is 5.56 Å². The Bertz CT molecular complexity index is 332. The number of nitrogens with zero attached hydrogens (tertiary/aromatic N) is 1. The normalized spacial score (nSPS) is 10.2. The quantitative estimate of drug-likeness (QED) is 0.836. The van der Waals surface area contributed by atoms with Gasteiger partial charge in [0, 0.05) is 6.42 Å². The predicted molar refractivity (Wildman–Crippen MR) is 56.3 cm³/mol. The van der Waals surface area contributed by atoms with Gasteiger partial charge in [-0.1, -0.05) is 6.92 Å². The van der Waals surface area contributed by atoms with E-state index in [0.29, 0.717) is 3.57 Å². The molecule has 0 aliphatic rings. The Morgan fingerprint density at radius 1 is 1.58 bits per heavy atom. The van der Waals surface area contributed by atoms with Crippen LogP contribution in [-0.4, -0.2) is 9.97 Å². The van der Waals surface area contributed by atoms with Crippen molar-refractivity contribution in [3.05, 3.63) is 25.4 Å². The first-order valence-electron chi connectivity index (χ1n) is 3.90. The molecule has 0 amide bonds. The highest BCUT2D eigenvalue weighted by molar-refractivity contribution is 14.1. The number of aromatic nitrogens is 2. The lowest BCUT2D eigenvalue weighted by atomic mass is 10.3. The van der Waals surface area contributed by atoms with Gasteiger partial charge >= 0.3 is 0 Å². The molecule has 0 aliphatic heterocycles. The van der Waals surface area contributed by atoms with Gasteiger partial charge in [-0.25, -0.2) is 4.98 Å². The summed E-state index contributed by atoms with van der Waals surface area (Å²) in [6, 6.07) is 0. The molecule has 0 saturated heterocycles. The van der Waals surface area contributed by atoms with Crippen LogP contribution in [-0.2, 0) is 6.42 Å². The molecule has 0 aliphatic carbocycles. The van der Waals surface area contributed by atoms with Crippen molar-refractivity contribution < 1.29 is 0 Å². The maximum Gasteiger partial charge on any atom is 0.264 e. The lowest BCUT2D eigenvalue weighted by molar-refractivity contribution is 0.811. The highest BCUT2D eigenvalue weighted by Crippen LogP contribution is 2.02. The molecule has 1 rings (SSSR count). The summed E-state index contributed by atoms with van der Waals surface area (Å²) in [5.41, 5.74) is 0.800. The molecule has 0 radical (unpaired) electrons. The topological polar surface area (TPSA) is 45.8 Å². The zero-order chi connectivity index (χ0) is 9.14. The summed E-state index contributed by atoms with van der Waals surface area (Å²) in [4.78, 5) is 18.2. The van der Waals surface area contributed by atoms with E-state index >= 15 is 0 Å². The molecule has 3 nitrogen and oxygen atoms in total. The van der Waals surface area contributed by atoms with Crippen molar-refractivity contribution in [2.75, 3.05) is 0 Å². The number of hydrogen-bond acceptors (Lipinski definition) is 2. The van der Waals surface area contributed by atoms with Gasteiger partial charge in [-0.3, -0.25) is 4.79 Å². The average Bonchev–Trinajstić information content (AvgIpc) is 2.01. The Balaban J connectivity index is 3.13. The first-order valence-corrected chi connectivity index (χ1v) is 4.98. The van der Waals surface area contributed by atoms with Gasteiger partial charge in [-0.15, -0.1) is 0 Å². The number of rotatable bonds is 2. The molecule has 1 heterocycles. The summed E-state index contributed by atoms with van der Waals surface area (Å²) in [5.74, 6) is 0.792. The highest BCUT2D eigenvalue weighted by Gasteiger charge is 2.03. The Morgan fingerprint density at radius 3 is 2.75 bits per heavy atom. The molecule has 0 atom stereocenters. The summed E-state index contributed by atoms with van der Waals surface area (Å²) in [6.07, 6.45) is 1.84. The summed E-state index contributed by atoms with van der Waals surface area (Å²) < 4.78 is 0.687. The van der Waals surface area contributed by atoms with E-state index in [9.17, 15) is 4.79 Å². The molecular formula is C8H11IN2O. The molecule has 4 heteroatoms. The number of H-pyrrole nitrogens is 1. The van der Waals surface area contributed by atoms with Crippen LogP contribution in [0.2, 0.25) is 0 Å². The lowest BCUT2D eigenvalue weighted by Crippen LogP contribution is -2.16. The van der Waals surface area contributed by atoms with E-state index in [1.54, 1.807) is 0 Å². The summed E-state index contributed by atoms with van der Waals surface area (Å²) in [7, 11) is 0. The molecule has 1 aromatic heterocycles. The van der Waals surface area contributed by atoms with Crippen molar-refractivity contribution in [2.45, 2.75) is 26.7 Å². The number of aromatic amines is 1. The monoisotopic (exact) mass is 278 g/mol. The first-order chi connectivity index (χ1) is 5.65. The Kier molecular flexibility index (Phi) is 3.25. The molecule has 0 bridgehead atoms. The maximum absolute atomic E-state index is 11.2. The molecule has 0 fully saturated rings. The molecule has 12 heavy (non-hydrogen) atoms. The van der Waals surface area contributed by atoms with Gasteiger partial charge in [0.2, 0.25) is 0 Å². The summed E-state index contributed by atoms with van der Waals surface area (Å²) in [5, 5.41) is 0. The number of aryl methyl sites for hydroxylation is 2. The van der Waals surface area contributed by atoms with Crippen LogP contribution in [0.25, 0.3) is 0 Å². The molecular weight excluding hydrogens is 267 g/mol. The third-order valence-electron chi connectivity index (χ3n) is 1.56. The van der Waals surface area contributed by atoms with Crippen LogP contribution >= 0.6 is 22.6 Å². The number of halogens is 1. The summed E-state index contributed by atoms with van der Waals surface area (Å²) in [6.45, 7) is 3.92. The third kappa shape index (κ3) is 2.06. The second-order valence-electron chi connectivity index (χ2n) is 2.66. The Labute approximate surface area is 84.8 Å². The predicted octanol–water partition coefficient (Wildman–Crippen LogP) is 1.64. The smallest absolute Gasteiger partial charge is 0.264 e. The van der Waals surface area contributed by atoms with Crippen molar-refractivity contribution in [3.8, 4) is 0 Å². The zero-order valence-corrected chi connectivity index (χ0v) is 9.31. The van der Waals surface area contributed by atoms with Gasteiger partial charge in [0.15, 0.2) is 0 Å². The van der Waals surface area contributed by atoms with Gasteiger partial charge < -0.3 is 4.98 Å². The average molecular weight is 278 g/mol. The van der Waals surface area contributed by atoms with Crippen LogP contribution in [0, 0.1) is 10.5 Å². The van der Waals surface area contributed by atoms with Crippen LogP contribution in [0.3, 0.4) is 0 Å². The van der Waals surface area contributed by atoms with Crippen molar-refractivity contribution in [1.29, 1.82) is 0 Å². The highest BCUT2D eigenvalue weighted by atomic mass is 127. The first kappa shape index (κ1) is 9.70. The minimum atomic E-state index is -0.0217. The van der Waals surface area contributed by atoms with E-state index in [1.807, 2.05) is 29.5 Å². The largest absolute Gasteiger partial charge is 0.310 e. The SMILES string of the molecule is CCCc1nc(C)c(I)c(=O)[nH]1. The second-order valence-corrected chi connectivity index (χ2v) is 3.74. The Morgan fingerprint density at radius 2 is 2.25 bits per heavy atom. The maximum atomic E-state index is 11.2. The molecule has 1 N–H and O–H groups in total. The van der Waals surface area contributed by atoms with Crippen LogP contribution in [0.4, 0.5) is 0 Å². The molecule has 1 aromatic rings. The Hall–Kier alpha value is -0.390. The van der Waals surface area contributed by atoms with Gasteiger partial charge in [-0.2, -0.15) is 0 Å². The second kappa shape index (κ2) is 4.02. The van der Waals surface area contributed by atoms with E-state index in [4.69, 9.17) is 0 Å². The summed E-state index contributed by atoms with van der Waals surface area (Å²) >= 11 is 2.01. The van der Waals surface area contributed by atoms with Crippen molar-refractivity contribution in [1.82, 2.24) is 9.97 Å². The van der Waals surface area contributed by atoms with Crippen molar-refractivity contribution >= 4 is 22.6 Å². The van der Waals surface area contributed by atoms with Crippen LogP contribution in [0.15, 0.2) is 4.79 Å². The minimum absolute atomic E-state index is 0.0217. The van der Waals surface area contributed by atoms with Gasteiger partial charge in [0.05, 0.1) is 9.26 Å². The van der Waals surface area contributed by atoms with E-state index in [1.165, 1.54) is 0 Å². The fraction of sp³-hybridized carbons (Fsp3) is 0.500. The van der Waals surface area contributed by atoms with Crippen LogP contribution in [0.5, 0.6) is 0 Å². The standard InChI is InChI=1S/C8H11IN2O/c1-3-4-6-10-5(2)7(9)8(12)11-6/h3-4H2,1-2H3,(H,10,11,12). The molecule has 66 valence electrons. The third-order valence-corrected chi connectivity index (χ3v) is 2.83. The fourth-order valence-electron chi connectivity index (χ4n) is 0.985. The van der Waals surface area contributed by atoms with Gasteiger partial charge in [0.1, 0.15) is 5.82 Å². The number of nitrogens with one attached hydrogen (secondary N) is 1. The van der Waals surface area contributed by atoms with Crippen LogP contribution in [0.1, 0.15) is 24.9 Å². The molecule has 0 spiro atoms. The van der Waals surface area contributed by atoms with Gasteiger partial charge in [0.25, 0.3) is 5.56 Å². The van der Waals surface area contributed by atoms with Gasteiger partial charge in [-0.05, 0) is 35.9 Å². The van der Waals surface area contributed by atoms with E-state index < -0.39 is 0 Å². The van der Waals surface area contributed by atoms with Crippen molar-refractivity contribution in [3.63, 3.8) is 0 Å². The molecule has 0 saturated carbocycles. The lowest BCUT2D eigenvalue weighted by Gasteiger charge is -2.00. The van der Waals surface area contributed by atoms with Crippen molar-refractivity contribution in [2.24, 2.45) is 0 Å². The number of hydrogen-bond donors (Lipinski definition) is 1. The zero-order valence-electron chi connectivity index (χ0n) is 7.15.